The maximum absolute atomic E-state index is 13.6. The number of rotatable bonds is 4. The Balaban J connectivity index is 2.22. The maximum Gasteiger partial charge on any atom is 0.259 e. The highest BCUT2D eigenvalue weighted by Crippen LogP contribution is 2.21. The summed E-state index contributed by atoms with van der Waals surface area (Å²) in [5.41, 5.74) is 0.412. The average molecular weight is 327 g/mol. The highest BCUT2D eigenvalue weighted by atomic mass is 35.5. The van der Waals surface area contributed by atoms with E-state index in [1.807, 2.05) is 0 Å². The van der Waals surface area contributed by atoms with E-state index in [-0.39, 0.29) is 28.7 Å². The summed E-state index contributed by atoms with van der Waals surface area (Å²) in [6.07, 6.45) is 0. The number of carbonyl (C=O) groups excluding carboxylic acids is 1. The number of hydrogen-bond acceptors (Lipinski definition) is 3. The summed E-state index contributed by atoms with van der Waals surface area (Å²) < 4.78 is 31.6. The van der Waals surface area contributed by atoms with Crippen molar-refractivity contribution in [1.82, 2.24) is 9.88 Å². The highest BCUT2D eigenvalue weighted by Gasteiger charge is 2.19. The summed E-state index contributed by atoms with van der Waals surface area (Å²) in [5, 5.41) is 0.195. The van der Waals surface area contributed by atoms with Crippen LogP contribution in [0.25, 0.3) is 0 Å². The number of nitrogens with zero attached hydrogens (tertiary/aromatic N) is 2. The van der Waals surface area contributed by atoms with Crippen LogP contribution < -0.4 is 4.74 Å². The molecule has 0 aliphatic carbocycles. The van der Waals surface area contributed by atoms with Gasteiger partial charge in [0.2, 0.25) is 5.88 Å². The minimum Gasteiger partial charge on any atom is -0.480 e. The number of hydrogen-bond donors (Lipinski definition) is 0. The molecule has 0 aliphatic rings. The fourth-order valence-corrected chi connectivity index (χ4v) is 2.06. The molecule has 0 aliphatic heterocycles. The van der Waals surface area contributed by atoms with Crippen molar-refractivity contribution in [3.05, 3.63) is 58.2 Å². The Kier molecular flexibility index (Phi) is 4.92. The van der Waals surface area contributed by atoms with Gasteiger partial charge in [0.25, 0.3) is 5.91 Å². The molecule has 22 heavy (non-hydrogen) atoms. The molecule has 0 N–H and O–H groups in total. The third kappa shape index (κ3) is 3.51. The van der Waals surface area contributed by atoms with E-state index in [9.17, 15) is 13.6 Å². The Morgan fingerprint density at radius 2 is 2.05 bits per heavy atom. The zero-order valence-electron chi connectivity index (χ0n) is 11.9. The van der Waals surface area contributed by atoms with E-state index >= 15 is 0 Å². The zero-order chi connectivity index (χ0) is 16.3. The molecule has 0 saturated heterocycles. The van der Waals surface area contributed by atoms with Crippen molar-refractivity contribution in [2.75, 3.05) is 14.2 Å². The molecule has 1 amide bonds. The van der Waals surface area contributed by atoms with E-state index in [2.05, 4.69) is 4.98 Å². The number of methoxy groups -OCH3 is 1. The number of amides is 1. The lowest BCUT2D eigenvalue weighted by Crippen LogP contribution is -2.27. The van der Waals surface area contributed by atoms with Gasteiger partial charge in [-0.3, -0.25) is 4.79 Å². The molecule has 0 radical (unpaired) electrons. The number of halogens is 3. The first kappa shape index (κ1) is 16.2. The zero-order valence-corrected chi connectivity index (χ0v) is 12.7. The second-order valence-electron chi connectivity index (χ2n) is 4.59. The molecule has 0 unspecified atom stereocenters. The van der Waals surface area contributed by atoms with Gasteiger partial charge in [-0.1, -0.05) is 17.7 Å². The number of aromatic nitrogens is 1. The molecule has 2 rings (SSSR count). The molecular formula is C15H13ClF2N2O2. The normalized spacial score (nSPS) is 10.4. The Morgan fingerprint density at radius 3 is 2.68 bits per heavy atom. The predicted octanol–water partition coefficient (Wildman–Crippen LogP) is 3.29. The van der Waals surface area contributed by atoms with Crippen LogP contribution in [-0.2, 0) is 6.54 Å². The van der Waals surface area contributed by atoms with Gasteiger partial charge in [-0.2, -0.15) is 0 Å². The number of carbonyl (C=O) groups is 1. The largest absolute Gasteiger partial charge is 0.480 e. The monoisotopic (exact) mass is 326 g/mol. The Bertz CT molecular complexity index is 710. The summed E-state index contributed by atoms with van der Waals surface area (Å²) in [6.45, 7) is -0.0171. The lowest BCUT2D eigenvalue weighted by molar-refractivity contribution is 0.0779. The number of pyridine rings is 1. The second kappa shape index (κ2) is 6.70. The molecule has 1 heterocycles. The van der Waals surface area contributed by atoms with Crippen LogP contribution in [0, 0.1) is 11.6 Å². The standard InChI is InChI=1S/C15H13ClF2N2O2/c1-20(8-9-3-4-10(17)7-12(9)18)15(21)11-5-6-13(16)19-14(11)22-2/h3-7H,8H2,1-2H3. The van der Waals surface area contributed by atoms with Gasteiger partial charge in [0.05, 0.1) is 7.11 Å². The van der Waals surface area contributed by atoms with Crippen molar-refractivity contribution in [3.8, 4) is 5.88 Å². The van der Waals surface area contributed by atoms with Gasteiger partial charge in [-0.25, -0.2) is 13.8 Å². The Morgan fingerprint density at radius 1 is 1.32 bits per heavy atom. The molecule has 1 aromatic heterocycles. The molecule has 2 aromatic rings. The molecule has 1 aromatic carbocycles. The van der Waals surface area contributed by atoms with E-state index in [0.717, 1.165) is 12.1 Å². The fourth-order valence-electron chi connectivity index (χ4n) is 1.92. The van der Waals surface area contributed by atoms with Gasteiger partial charge in [0, 0.05) is 25.2 Å². The van der Waals surface area contributed by atoms with Crippen LogP contribution in [0.2, 0.25) is 5.15 Å². The van der Waals surface area contributed by atoms with Crippen LogP contribution in [0.5, 0.6) is 5.88 Å². The van der Waals surface area contributed by atoms with Crippen molar-refractivity contribution in [1.29, 1.82) is 0 Å². The third-order valence-corrected chi connectivity index (χ3v) is 3.23. The van der Waals surface area contributed by atoms with Crippen molar-refractivity contribution in [3.63, 3.8) is 0 Å². The topological polar surface area (TPSA) is 42.4 Å². The molecule has 0 spiro atoms. The average Bonchev–Trinajstić information content (AvgIpc) is 2.49. The fraction of sp³-hybridized carbons (Fsp3) is 0.200. The minimum atomic E-state index is -0.708. The van der Waals surface area contributed by atoms with Gasteiger partial charge < -0.3 is 9.64 Å². The number of ether oxygens (including phenoxy) is 1. The lowest BCUT2D eigenvalue weighted by Gasteiger charge is -2.18. The van der Waals surface area contributed by atoms with Crippen molar-refractivity contribution in [2.24, 2.45) is 0 Å². The summed E-state index contributed by atoms with van der Waals surface area (Å²) in [7, 11) is 2.87. The molecule has 4 nitrogen and oxygen atoms in total. The van der Waals surface area contributed by atoms with Crippen LogP contribution in [-0.4, -0.2) is 29.9 Å². The van der Waals surface area contributed by atoms with E-state index in [1.54, 1.807) is 0 Å². The molecule has 116 valence electrons. The Hall–Kier alpha value is -2.21. The maximum atomic E-state index is 13.6. The van der Waals surface area contributed by atoms with Crippen molar-refractivity contribution in [2.45, 2.75) is 6.54 Å². The van der Waals surface area contributed by atoms with E-state index in [0.29, 0.717) is 0 Å². The van der Waals surface area contributed by atoms with Gasteiger partial charge >= 0.3 is 0 Å². The Labute approximate surface area is 131 Å². The predicted molar refractivity (Wildman–Crippen MR) is 78.0 cm³/mol. The summed E-state index contributed by atoms with van der Waals surface area (Å²) >= 11 is 5.74. The molecule has 0 saturated carbocycles. The van der Waals surface area contributed by atoms with Crippen molar-refractivity contribution < 1.29 is 18.3 Å². The first-order valence-electron chi connectivity index (χ1n) is 6.32. The molecule has 0 atom stereocenters. The van der Waals surface area contributed by atoms with E-state index in [4.69, 9.17) is 16.3 Å². The molecular weight excluding hydrogens is 314 g/mol. The van der Waals surface area contributed by atoms with E-state index in [1.165, 1.54) is 37.3 Å². The van der Waals surface area contributed by atoms with Crippen molar-refractivity contribution >= 4 is 17.5 Å². The van der Waals surface area contributed by atoms with E-state index < -0.39 is 17.5 Å². The lowest BCUT2D eigenvalue weighted by atomic mass is 10.1. The van der Waals surface area contributed by atoms with Gasteiger partial charge in [-0.15, -0.1) is 0 Å². The van der Waals surface area contributed by atoms with Crippen LogP contribution in [0.4, 0.5) is 8.78 Å². The van der Waals surface area contributed by atoms with Crippen LogP contribution in [0.1, 0.15) is 15.9 Å². The van der Waals surface area contributed by atoms with Gasteiger partial charge in [0.1, 0.15) is 22.4 Å². The van der Waals surface area contributed by atoms with Crippen LogP contribution in [0.15, 0.2) is 30.3 Å². The first-order valence-corrected chi connectivity index (χ1v) is 6.70. The minimum absolute atomic E-state index is 0.0171. The summed E-state index contributed by atoms with van der Waals surface area (Å²) in [4.78, 5) is 17.6. The summed E-state index contributed by atoms with van der Waals surface area (Å²) in [6, 6.07) is 6.16. The van der Waals surface area contributed by atoms with Crippen LogP contribution >= 0.6 is 11.6 Å². The highest BCUT2D eigenvalue weighted by molar-refractivity contribution is 6.29. The molecule has 7 heteroatoms. The van der Waals surface area contributed by atoms with Gasteiger partial charge in [0.15, 0.2) is 0 Å². The second-order valence-corrected chi connectivity index (χ2v) is 4.98. The quantitative estimate of drug-likeness (QED) is 0.810. The first-order chi connectivity index (χ1) is 10.4. The summed E-state index contributed by atoms with van der Waals surface area (Å²) in [5.74, 6) is -1.70. The molecule has 0 bridgehead atoms. The smallest absolute Gasteiger partial charge is 0.259 e. The van der Waals surface area contributed by atoms with Gasteiger partial charge in [-0.05, 0) is 18.2 Å². The van der Waals surface area contributed by atoms with Crippen LogP contribution in [0.3, 0.4) is 0 Å². The third-order valence-electron chi connectivity index (χ3n) is 3.02. The SMILES string of the molecule is COc1nc(Cl)ccc1C(=O)N(C)Cc1ccc(F)cc1F. The number of benzene rings is 1. The molecule has 0 fully saturated rings.